The Hall–Kier alpha value is -3.68. The molecule has 4 heteroatoms. The number of nitrogens with zero attached hydrogens (tertiary/aromatic N) is 1. The number of aromatic nitrogens is 1. The Labute approximate surface area is 180 Å². The van der Waals surface area contributed by atoms with E-state index in [-0.39, 0.29) is 0 Å². The molecule has 7 rings (SSSR count). The molecule has 0 fully saturated rings. The molecule has 3 nitrogen and oxygen atoms in total. The second-order valence-electron chi connectivity index (χ2n) is 7.67. The van der Waals surface area contributed by atoms with Crippen molar-refractivity contribution in [1.29, 1.82) is 0 Å². The van der Waals surface area contributed by atoms with E-state index in [2.05, 4.69) is 77.8 Å². The minimum absolute atomic E-state index is 0.755. The smallest absolute Gasteiger partial charge is 0.147 e. The standard InChI is InChI=1S/C27H16NO2P/c1-3-9-24-21(7-1)29-23-14-12-19(17-11-13-20-18(16-17)6-5-15-28-20)26-27(23)31(24)25-10-4-2-8-22(25)30-26/h1-16H. The van der Waals surface area contributed by atoms with E-state index in [0.717, 1.165) is 50.3 Å². The van der Waals surface area contributed by atoms with E-state index >= 15 is 0 Å². The summed E-state index contributed by atoms with van der Waals surface area (Å²) in [5.41, 5.74) is 3.18. The maximum Gasteiger partial charge on any atom is 0.147 e. The van der Waals surface area contributed by atoms with Crippen molar-refractivity contribution in [2.24, 2.45) is 0 Å². The molecule has 0 spiro atoms. The molecule has 2 aliphatic heterocycles. The van der Waals surface area contributed by atoms with Crippen LogP contribution in [0.4, 0.5) is 0 Å². The molecule has 0 amide bonds. The lowest BCUT2D eigenvalue weighted by atomic mass is 10.0. The zero-order valence-corrected chi connectivity index (χ0v) is 17.3. The lowest BCUT2D eigenvalue weighted by Crippen LogP contribution is -2.32. The van der Waals surface area contributed by atoms with E-state index in [9.17, 15) is 0 Å². The highest BCUT2D eigenvalue weighted by molar-refractivity contribution is 7.80. The SMILES string of the molecule is c1ccc2c(c1)Oc1ccc(-c3ccc4ncccc4c3)c3c1P2c1ccccc1O3. The molecule has 0 bridgehead atoms. The largest absolute Gasteiger partial charge is 0.456 e. The van der Waals surface area contributed by atoms with Crippen LogP contribution in [0.2, 0.25) is 0 Å². The Morgan fingerprint density at radius 3 is 2.26 bits per heavy atom. The third-order valence-corrected chi connectivity index (χ3v) is 8.45. The van der Waals surface area contributed by atoms with Crippen LogP contribution < -0.4 is 25.4 Å². The molecule has 31 heavy (non-hydrogen) atoms. The van der Waals surface area contributed by atoms with Crippen molar-refractivity contribution in [1.82, 2.24) is 4.98 Å². The van der Waals surface area contributed by atoms with Crippen molar-refractivity contribution >= 4 is 34.7 Å². The van der Waals surface area contributed by atoms with Crippen LogP contribution in [0.1, 0.15) is 0 Å². The quantitative estimate of drug-likeness (QED) is 0.313. The van der Waals surface area contributed by atoms with Gasteiger partial charge in [0.25, 0.3) is 0 Å². The van der Waals surface area contributed by atoms with Crippen molar-refractivity contribution in [3.63, 3.8) is 0 Å². The minimum atomic E-state index is -0.755. The summed E-state index contributed by atoms with van der Waals surface area (Å²) in [6.45, 7) is 0. The van der Waals surface area contributed by atoms with Gasteiger partial charge >= 0.3 is 0 Å². The molecule has 3 heterocycles. The maximum absolute atomic E-state index is 6.56. The van der Waals surface area contributed by atoms with Gasteiger partial charge in [-0.1, -0.05) is 48.5 Å². The van der Waals surface area contributed by atoms with Crippen LogP contribution in [0.25, 0.3) is 22.0 Å². The van der Waals surface area contributed by atoms with E-state index in [1.807, 2.05) is 24.4 Å². The van der Waals surface area contributed by atoms with E-state index in [0.29, 0.717) is 0 Å². The topological polar surface area (TPSA) is 31.4 Å². The van der Waals surface area contributed by atoms with Gasteiger partial charge in [0.15, 0.2) is 0 Å². The summed E-state index contributed by atoms with van der Waals surface area (Å²) in [6.07, 6.45) is 1.83. The third kappa shape index (κ3) is 2.47. The van der Waals surface area contributed by atoms with Crippen LogP contribution in [-0.2, 0) is 0 Å². The fourth-order valence-corrected chi connectivity index (χ4v) is 7.08. The Kier molecular flexibility index (Phi) is 3.52. The molecule has 1 unspecified atom stereocenters. The van der Waals surface area contributed by atoms with Gasteiger partial charge in [-0.15, -0.1) is 0 Å². The first-order valence-corrected chi connectivity index (χ1v) is 11.6. The molecule has 1 aromatic heterocycles. The first-order valence-electron chi connectivity index (χ1n) is 10.2. The van der Waals surface area contributed by atoms with E-state index in [1.165, 1.54) is 10.6 Å². The Morgan fingerprint density at radius 2 is 1.42 bits per heavy atom. The fraction of sp³-hybridized carbons (Fsp3) is 0. The summed E-state index contributed by atoms with van der Waals surface area (Å²) in [7, 11) is -0.755. The molecule has 0 saturated carbocycles. The van der Waals surface area contributed by atoms with Gasteiger partial charge < -0.3 is 9.47 Å². The highest BCUT2D eigenvalue weighted by atomic mass is 31.1. The molecule has 5 aromatic rings. The fourth-order valence-electron chi connectivity index (χ4n) is 4.48. The van der Waals surface area contributed by atoms with Gasteiger partial charge in [0.1, 0.15) is 23.0 Å². The van der Waals surface area contributed by atoms with Crippen molar-refractivity contribution in [3.8, 4) is 34.1 Å². The van der Waals surface area contributed by atoms with E-state index in [4.69, 9.17) is 9.47 Å². The second-order valence-corrected chi connectivity index (χ2v) is 9.76. The highest BCUT2D eigenvalue weighted by Crippen LogP contribution is 2.54. The van der Waals surface area contributed by atoms with Crippen LogP contribution in [0.3, 0.4) is 0 Å². The van der Waals surface area contributed by atoms with Crippen LogP contribution >= 0.6 is 7.92 Å². The predicted molar refractivity (Wildman–Crippen MR) is 126 cm³/mol. The monoisotopic (exact) mass is 417 g/mol. The Morgan fingerprint density at radius 1 is 0.645 bits per heavy atom. The van der Waals surface area contributed by atoms with Crippen molar-refractivity contribution < 1.29 is 9.47 Å². The molecule has 0 saturated heterocycles. The van der Waals surface area contributed by atoms with E-state index in [1.54, 1.807) is 0 Å². The van der Waals surface area contributed by atoms with Gasteiger partial charge in [-0.25, -0.2) is 0 Å². The number of hydrogen-bond acceptors (Lipinski definition) is 3. The van der Waals surface area contributed by atoms with Crippen molar-refractivity contribution in [2.45, 2.75) is 0 Å². The number of rotatable bonds is 1. The van der Waals surface area contributed by atoms with Crippen molar-refractivity contribution in [3.05, 3.63) is 97.2 Å². The number of pyridine rings is 1. The number of para-hydroxylation sites is 2. The van der Waals surface area contributed by atoms with Gasteiger partial charge in [0.05, 0.1) is 10.8 Å². The predicted octanol–water partition coefficient (Wildman–Crippen LogP) is 5.87. The molecular formula is C27H16NO2P. The average Bonchev–Trinajstić information content (AvgIpc) is 2.83. The maximum atomic E-state index is 6.56. The first-order chi connectivity index (χ1) is 15.4. The molecule has 2 aliphatic rings. The van der Waals surface area contributed by atoms with Gasteiger partial charge in [-0.2, -0.15) is 0 Å². The molecule has 146 valence electrons. The lowest BCUT2D eigenvalue weighted by molar-refractivity contribution is 0.467. The van der Waals surface area contributed by atoms with E-state index < -0.39 is 7.92 Å². The molecule has 0 N–H and O–H groups in total. The van der Waals surface area contributed by atoms with Crippen LogP contribution in [-0.4, -0.2) is 4.98 Å². The number of ether oxygens (including phenoxy) is 2. The molecule has 4 aromatic carbocycles. The van der Waals surface area contributed by atoms with Gasteiger partial charge in [-0.3, -0.25) is 4.98 Å². The molecular weight excluding hydrogens is 401 g/mol. The first kappa shape index (κ1) is 17.0. The zero-order chi connectivity index (χ0) is 20.4. The normalized spacial score (nSPS) is 15.3. The second kappa shape index (κ2) is 6.41. The molecule has 1 atom stereocenters. The summed E-state index contributed by atoms with van der Waals surface area (Å²) in [5, 5.41) is 4.75. The average molecular weight is 417 g/mol. The van der Waals surface area contributed by atoms with Gasteiger partial charge in [-0.05, 0) is 48.0 Å². The third-order valence-electron chi connectivity index (χ3n) is 5.88. The summed E-state index contributed by atoms with van der Waals surface area (Å²) < 4.78 is 12.9. The van der Waals surface area contributed by atoms with Gasteiger partial charge in [0.2, 0.25) is 0 Å². The highest BCUT2D eigenvalue weighted by Gasteiger charge is 2.37. The number of benzene rings is 4. The minimum Gasteiger partial charge on any atom is -0.456 e. The van der Waals surface area contributed by atoms with Gasteiger partial charge in [0, 0.05) is 35.7 Å². The zero-order valence-electron chi connectivity index (χ0n) is 16.4. The Bertz CT molecular complexity index is 1500. The van der Waals surface area contributed by atoms with Crippen molar-refractivity contribution in [2.75, 3.05) is 0 Å². The lowest BCUT2D eigenvalue weighted by Gasteiger charge is -2.35. The van der Waals surface area contributed by atoms with Crippen LogP contribution in [0.15, 0.2) is 97.2 Å². The molecule has 0 radical (unpaired) electrons. The summed E-state index contributed by atoms with van der Waals surface area (Å²) in [6, 6.07) is 31.4. The van der Waals surface area contributed by atoms with Crippen LogP contribution in [0, 0.1) is 0 Å². The Balaban J connectivity index is 1.51. The summed E-state index contributed by atoms with van der Waals surface area (Å²) in [5.74, 6) is 3.66. The van der Waals surface area contributed by atoms with Crippen LogP contribution in [0.5, 0.6) is 23.0 Å². The molecule has 0 aliphatic carbocycles. The number of hydrogen-bond donors (Lipinski definition) is 0. The summed E-state index contributed by atoms with van der Waals surface area (Å²) >= 11 is 0. The summed E-state index contributed by atoms with van der Waals surface area (Å²) in [4.78, 5) is 4.46. The number of fused-ring (bicyclic) bond motifs is 5.